The lowest BCUT2D eigenvalue weighted by Crippen LogP contribution is -2.39. The summed E-state index contributed by atoms with van der Waals surface area (Å²) in [6.07, 6.45) is 5.01. The average molecular weight is 279 g/mol. The van der Waals surface area contributed by atoms with E-state index in [9.17, 15) is 4.39 Å². The molecule has 1 aliphatic rings. The van der Waals surface area contributed by atoms with Gasteiger partial charge in [0.15, 0.2) is 5.84 Å². The Balaban J connectivity index is 1.93. The van der Waals surface area contributed by atoms with Gasteiger partial charge in [0.1, 0.15) is 5.82 Å². The summed E-state index contributed by atoms with van der Waals surface area (Å²) in [7, 11) is 0. The number of amidine groups is 1. The predicted octanol–water partition coefficient (Wildman–Crippen LogP) is 2.59. The summed E-state index contributed by atoms with van der Waals surface area (Å²) in [6.45, 7) is 3.65. The molecule has 4 N–H and O–H groups in total. The van der Waals surface area contributed by atoms with Gasteiger partial charge in [-0.05, 0) is 30.7 Å². The van der Waals surface area contributed by atoms with Crippen molar-refractivity contribution in [2.75, 3.05) is 6.54 Å². The maximum absolute atomic E-state index is 13.9. The molecule has 4 nitrogen and oxygen atoms in total. The number of nitrogens with one attached hydrogen (secondary N) is 1. The second-order valence-electron chi connectivity index (χ2n) is 5.60. The molecule has 0 unspecified atom stereocenters. The standard InChI is InChI=1S/C15H22FN3O/c1-2-15(6-3-7-15)10-18-9-12-5-4-11(8-13(12)16)14(17)19-20/h4-5,8,18,20H,2-3,6-7,9-10H2,1H3,(H2,17,19). The van der Waals surface area contributed by atoms with Crippen molar-refractivity contribution >= 4 is 5.84 Å². The van der Waals surface area contributed by atoms with Crippen molar-refractivity contribution in [3.8, 4) is 0 Å². The minimum atomic E-state index is -0.333. The van der Waals surface area contributed by atoms with E-state index in [2.05, 4.69) is 17.4 Å². The third kappa shape index (κ3) is 3.10. The van der Waals surface area contributed by atoms with E-state index in [0.29, 0.717) is 23.1 Å². The van der Waals surface area contributed by atoms with E-state index in [1.165, 1.54) is 31.7 Å². The molecule has 20 heavy (non-hydrogen) atoms. The molecule has 2 rings (SSSR count). The molecule has 0 bridgehead atoms. The van der Waals surface area contributed by atoms with Gasteiger partial charge in [-0.2, -0.15) is 0 Å². The molecule has 1 aliphatic carbocycles. The van der Waals surface area contributed by atoms with Crippen LogP contribution in [0.25, 0.3) is 0 Å². The zero-order valence-electron chi connectivity index (χ0n) is 11.8. The summed E-state index contributed by atoms with van der Waals surface area (Å²) in [5.74, 6) is -0.413. The van der Waals surface area contributed by atoms with Crippen LogP contribution in [-0.4, -0.2) is 17.6 Å². The molecule has 5 heteroatoms. The van der Waals surface area contributed by atoms with Gasteiger partial charge >= 0.3 is 0 Å². The normalized spacial score (nSPS) is 17.8. The van der Waals surface area contributed by atoms with Gasteiger partial charge in [0.25, 0.3) is 0 Å². The van der Waals surface area contributed by atoms with Crippen LogP contribution in [-0.2, 0) is 6.54 Å². The molecule has 110 valence electrons. The Morgan fingerprint density at radius 2 is 2.25 bits per heavy atom. The Bertz CT molecular complexity index is 492. The Labute approximate surface area is 118 Å². The van der Waals surface area contributed by atoms with E-state index in [1.54, 1.807) is 12.1 Å². The van der Waals surface area contributed by atoms with Crippen LogP contribution in [0.5, 0.6) is 0 Å². The maximum Gasteiger partial charge on any atom is 0.170 e. The van der Waals surface area contributed by atoms with Crippen molar-refractivity contribution in [1.82, 2.24) is 5.32 Å². The fourth-order valence-corrected chi connectivity index (χ4v) is 2.70. The van der Waals surface area contributed by atoms with Crippen molar-refractivity contribution in [2.24, 2.45) is 16.3 Å². The molecule has 1 saturated carbocycles. The van der Waals surface area contributed by atoms with Crippen LogP contribution in [0.4, 0.5) is 4.39 Å². The molecule has 1 aromatic carbocycles. The minimum absolute atomic E-state index is 0.0807. The van der Waals surface area contributed by atoms with Crippen molar-refractivity contribution in [3.63, 3.8) is 0 Å². The predicted molar refractivity (Wildman–Crippen MR) is 77.2 cm³/mol. The molecule has 0 aliphatic heterocycles. The highest BCUT2D eigenvalue weighted by atomic mass is 19.1. The van der Waals surface area contributed by atoms with Crippen LogP contribution in [0.15, 0.2) is 23.4 Å². The van der Waals surface area contributed by atoms with Gasteiger partial charge in [-0.25, -0.2) is 4.39 Å². The lowest BCUT2D eigenvalue weighted by molar-refractivity contribution is 0.123. The molecule has 1 aromatic rings. The van der Waals surface area contributed by atoms with E-state index < -0.39 is 0 Å². The van der Waals surface area contributed by atoms with Crippen LogP contribution in [0.1, 0.15) is 43.7 Å². The zero-order chi connectivity index (χ0) is 14.6. The van der Waals surface area contributed by atoms with Crippen molar-refractivity contribution in [3.05, 3.63) is 35.1 Å². The lowest BCUT2D eigenvalue weighted by atomic mass is 9.67. The zero-order valence-corrected chi connectivity index (χ0v) is 11.8. The molecule has 1 fully saturated rings. The topological polar surface area (TPSA) is 70.6 Å². The number of hydrogen-bond acceptors (Lipinski definition) is 3. The largest absolute Gasteiger partial charge is 0.409 e. The second-order valence-corrected chi connectivity index (χ2v) is 5.60. The van der Waals surface area contributed by atoms with E-state index in [0.717, 1.165) is 6.54 Å². The SMILES string of the molecule is CCC1(CNCc2ccc(/C(N)=N/O)cc2F)CCC1. The smallest absolute Gasteiger partial charge is 0.170 e. The molecule has 0 amide bonds. The Hall–Kier alpha value is -1.62. The number of oxime groups is 1. The number of nitrogens with zero attached hydrogens (tertiary/aromatic N) is 1. The molecule has 0 radical (unpaired) electrons. The Morgan fingerprint density at radius 1 is 1.50 bits per heavy atom. The van der Waals surface area contributed by atoms with Gasteiger partial charge in [-0.3, -0.25) is 0 Å². The molecular weight excluding hydrogens is 257 g/mol. The van der Waals surface area contributed by atoms with Crippen molar-refractivity contribution < 1.29 is 9.60 Å². The molecule has 0 aromatic heterocycles. The highest BCUT2D eigenvalue weighted by Crippen LogP contribution is 2.43. The van der Waals surface area contributed by atoms with Gasteiger partial charge in [0.05, 0.1) is 0 Å². The maximum atomic E-state index is 13.9. The van der Waals surface area contributed by atoms with Crippen LogP contribution < -0.4 is 11.1 Å². The number of hydrogen-bond donors (Lipinski definition) is 3. The summed E-state index contributed by atoms with van der Waals surface area (Å²) in [4.78, 5) is 0. The average Bonchev–Trinajstić information content (AvgIpc) is 2.42. The fraction of sp³-hybridized carbons (Fsp3) is 0.533. The number of nitrogens with two attached hydrogens (primary N) is 1. The third-order valence-corrected chi connectivity index (χ3v) is 4.44. The van der Waals surface area contributed by atoms with Gasteiger partial charge in [0, 0.05) is 24.2 Å². The van der Waals surface area contributed by atoms with Gasteiger partial charge in [-0.1, -0.05) is 30.6 Å². The summed E-state index contributed by atoms with van der Waals surface area (Å²) in [6, 6.07) is 4.63. The monoisotopic (exact) mass is 279 g/mol. The van der Waals surface area contributed by atoms with Gasteiger partial charge in [-0.15, -0.1) is 0 Å². The van der Waals surface area contributed by atoms with E-state index in [4.69, 9.17) is 10.9 Å². The first-order valence-electron chi connectivity index (χ1n) is 7.07. The van der Waals surface area contributed by atoms with E-state index in [1.807, 2.05) is 0 Å². The number of halogens is 1. The fourth-order valence-electron chi connectivity index (χ4n) is 2.70. The van der Waals surface area contributed by atoms with Gasteiger partial charge in [0.2, 0.25) is 0 Å². The van der Waals surface area contributed by atoms with Crippen molar-refractivity contribution in [1.29, 1.82) is 0 Å². The van der Waals surface area contributed by atoms with E-state index in [-0.39, 0.29) is 11.7 Å². The van der Waals surface area contributed by atoms with Crippen molar-refractivity contribution in [2.45, 2.75) is 39.2 Å². The summed E-state index contributed by atoms with van der Waals surface area (Å²) >= 11 is 0. The summed E-state index contributed by atoms with van der Waals surface area (Å²) in [5.41, 5.74) is 6.84. The first-order valence-corrected chi connectivity index (χ1v) is 7.07. The minimum Gasteiger partial charge on any atom is -0.409 e. The van der Waals surface area contributed by atoms with Crippen LogP contribution in [0, 0.1) is 11.2 Å². The third-order valence-electron chi connectivity index (χ3n) is 4.44. The van der Waals surface area contributed by atoms with Crippen LogP contribution in [0.3, 0.4) is 0 Å². The molecular formula is C15H22FN3O. The lowest BCUT2D eigenvalue weighted by Gasteiger charge is -2.41. The first-order chi connectivity index (χ1) is 9.60. The summed E-state index contributed by atoms with van der Waals surface area (Å²) < 4.78 is 13.9. The summed E-state index contributed by atoms with van der Waals surface area (Å²) in [5, 5.41) is 14.8. The quantitative estimate of drug-likeness (QED) is 0.324. The van der Waals surface area contributed by atoms with Gasteiger partial charge < -0.3 is 16.3 Å². The second kappa shape index (κ2) is 6.22. The highest BCUT2D eigenvalue weighted by molar-refractivity contribution is 5.97. The first kappa shape index (κ1) is 14.8. The number of rotatable bonds is 6. The van der Waals surface area contributed by atoms with E-state index >= 15 is 0 Å². The van der Waals surface area contributed by atoms with Crippen LogP contribution >= 0.6 is 0 Å². The molecule has 0 spiro atoms. The number of benzene rings is 1. The molecule has 0 heterocycles. The van der Waals surface area contributed by atoms with Crippen LogP contribution in [0.2, 0.25) is 0 Å². The molecule has 0 saturated heterocycles. The molecule has 0 atom stereocenters. The Morgan fingerprint density at radius 3 is 2.75 bits per heavy atom. The Kier molecular flexibility index (Phi) is 4.60. The highest BCUT2D eigenvalue weighted by Gasteiger charge is 2.34.